The summed E-state index contributed by atoms with van der Waals surface area (Å²) in [4.78, 5) is 0. The lowest BCUT2D eigenvalue weighted by Gasteiger charge is -2.17. The van der Waals surface area contributed by atoms with Gasteiger partial charge in [0, 0.05) is 24.2 Å². The van der Waals surface area contributed by atoms with Gasteiger partial charge in [-0.3, -0.25) is 0 Å². The van der Waals surface area contributed by atoms with E-state index in [4.69, 9.17) is 5.73 Å². The Labute approximate surface area is 92.6 Å². The van der Waals surface area contributed by atoms with E-state index in [1.54, 1.807) is 0 Å². The summed E-state index contributed by atoms with van der Waals surface area (Å²) in [5.41, 5.74) is 5.52. The molecule has 16 heavy (non-hydrogen) atoms. The average Bonchev–Trinajstić information content (AvgIpc) is 2.26. The molecule has 5 heteroatoms. The van der Waals surface area contributed by atoms with Crippen molar-refractivity contribution >= 4 is 0 Å². The molecule has 2 nitrogen and oxygen atoms in total. The maximum Gasteiger partial charge on any atom is 0.161 e. The van der Waals surface area contributed by atoms with Crippen LogP contribution in [-0.2, 0) is 0 Å². The molecule has 0 aliphatic rings. The molecule has 0 fully saturated rings. The predicted molar refractivity (Wildman–Crippen MR) is 56.4 cm³/mol. The summed E-state index contributed by atoms with van der Waals surface area (Å²) in [6.45, 7) is 2.71. The molecule has 1 aromatic rings. The Kier molecular flexibility index (Phi) is 4.76. The number of halogens is 3. The van der Waals surface area contributed by atoms with Crippen LogP contribution in [0.15, 0.2) is 12.1 Å². The molecule has 3 N–H and O–H groups in total. The molecular formula is C11H15F3N2. The summed E-state index contributed by atoms with van der Waals surface area (Å²) in [6, 6.07) is 0.904. The van der Waals surface area contributed by atoms with Crippen molar-refractivity contribution in [1.29, 1.82) is 0 Å². The fraction of sp³-hybridized carbons (Fsp3) is 0.455. The lowest BCUT2D eigenvalue weighted by Crippen LogP contribution is -2.29. The van der Waals surface area contributed by atoms with Crippen LogP contribution in [-0.4, -0.2) is 13.1 Å². The van der Waals surface area contributed by atoms with Gasteiger partial charge in [0.1, 0.15) is 5.82 Å². The van der Waals surface area contributed by atoms with E-state index in [2.05, 4.69) is 5.32 Å². The minimum absolute atomic E-state index is 0.0647. The van der Waals surface area contributed by atoms with Gasteiger partial charge in [-0.2, -0.15) is 0 Å². The zero-order valence-corrected chi connectivity index (χ0v) is 9.06. The van der Waals surface area contributed by atoms with Crippen molar-refractivity contribution in [3.05, 3.63) is 35.1 Å². The van der Waals surface area contributed by atoms with E-state index in [1.165, 1.54) is 0 Å². The Hall–Kier alpha value is -1.07. The summed E-state index contributed by atoms with van der Waals surface area (Å²) < 4.78 is 39.1. The molecule has 90 valence electrons. The molecule has 1 atom stereocenters. The van der Waals surface area contributed by atoms with Gasteiger partial charge in [0.15, 0.2) is 11.6 Å². The van der Waals surface area contributed by atoms with Crippen LogP contribution in [0.1, 0.15) is 24.9 Å². The van der Waals surface area contributed by atoms with Crippen molar-refractivity contribution < 1.29 is 13.2 Å². The first-order valence-electron chi connectivity index (χ1n) is 5.18. The van der Waals surface area contributed by atoms with Gasteiger partial charge in [0.05, 0.1) is 0 Å². The highest BCUT2D eigenvalue weighted by molar-refractivity contribution is 5.23. The lowest BCUT2D eigenvalue weighted by molar-refractivity contribution is 0.467. The maximum atomic E-state index is 13.4. The zero-order chi connectivity index (χ0) is 12.1. The standard InChI is InChI=1S/C11H15F3N2/c1-2-3-16-11(6-15)7-4-9(13)10(14)5-8(7)12/h4-5,11,16H,2-3,6,15H2,1H3. The van der Waals surface area contributed by atoms with Gasteiger partial charge in [0.25, 0.3) is 0 Å². The Bertz CT molecular complexity index is 355. The van der Waals surface area contributed by atoms with Crippen LogP contribution in [0.5, 0.6) is 0 Å². The molecule has 0 aromatic heterocycles. The van der Waals surface area contributed by atoms with Gasteiger partial charge in [-0.1, -0.05) is 6.92 Å². The molecule has 0 aliphatic heterocycles. The molecule has 0 bridgehead atoms. The highest BCUT2D eigenvalue weighted by atomic mass is 19.2. The fourth-order valence-electron chi connectivity index (χ4n) is 1.44. The monoisotopic (exact) mass is 232 g/mol. The van der Waals surface area contributed by atoms with Gasteiger partial charge in [-0.15, -0.1) is 0 Å². The highest BCUT2D eigenvalue weighted by Gasteiger charge is 2.16. The highest BCUT2D eigenvalue weighted by Crippen LogP contribution is 2.19. The smallest absolute Gasteiger partial charge is 0.161 e. The molecule has 0 saturated carbocycles. The SMILES string of the molecule is CCCNC(CN)c1cc(F)c(F)cc1F. The first-order valence-corrected chi connectivity index (χ1v) is 5.18. The van der Waals surface area contributed by atoms with Crippen LogP contribution >= 0.6 is 0 Å². The zero-order valence-electron chi connectivity index (χ0n) is 9.06. The third-order valence-electron chi connectivity index (χ3n) is 2.29. The first kappa shape index (κ1) is 13.0. The van der Waals surface area contributed by atoms with Crippen LogP contribution < -0.4 is 11.1 Å². The second-order valence-corrected chi connectivity index (χ2v) is 3.53. The summed E-state index contributed by atoms with van der Waals surface area (Å²) in [5.74, 6) is -3.03. The van der Waals surface area contributed by atoms with Gasteiger partial charge < -0.3 is 11.1 Å². The van der Waals surface area contributed by atoms with E-state index in [-0.39, 0.29) is 12.1 Å². The Morgan fingerprint density at radius 3 is 2.38 bits per heavy atom. The first-order chi connectivity index (χ1) is 7.60. The molecule has 0 spiro atoms. The number of nitrogens with one attached hydrogen (secondary N) is 1. The van der Waals surface area contributed by atoms with Crippen molar-refractivity contribution in [2.75, 3.05) is 13.1 Å². The molecule has 0 amide bonds. The molecule has 1 aromatic carbocycles. The van der Waals surface area contributed by atoms with E-state index < -0.39 is 23.5 Å². The molecule has 0 saturated heterocycles. The van der Waals surface area contributed by atoms with Crippen molar-refractivity contribution in [1.82, 2.24) is 5.32 Å². The Balaban J connectivity index is 2.95. The normalized spacial score (nSPS) is 12.8. The molecular weight excluding hydrogens is 217 g/mol. The molecule has 0 radical (unpaired) electrons. The van der Waals surface area contributed by atoms with Crippen LogP contribution in [0.2, 0.25) is 0 Å². The third-order valence-corrected chi connectivity index (χ3v) is 2.29. The van der Waals surface area contributed by atoms with E-state index in [1.807, 2.05) is 6.92 Å². The second kappa shape index (κ2) is 5.86. The summed E-state index contributed by atoms with van der Waals surface area (Å²) >= 11 is 0. The van der Waals surface area contributed by atoms with Crippen LogP contribution in [0.4, 0.5) is 13.2 Å². The van der Waals surface area contributed by atoms with E-state index in [0.29, 0.717) is 12.6 Å². The summed E-state index contributed by atoms with van der Waals surface area (Å²) in [5, 5.41) is 2.97. The minimum Gasteiger partial charge on any atom is -0.329 e. The van der Waals surface area contributed by atoms with Crippen LogP contribution in [0, 0.1) is 17.5 Å². The summed E-state index contributed by atoms with van der Waals surface area (Å²) in [7, 11) is 0. The quantitative estimate of drug-likeness (QED) is 0.763. The minimum atomic E-state index is -1.19. The van der Waals surface area contributed by atoms with Crippen LogP contribution in [0.25, 0.3) is 0 Å². The fourth-order valence-corrected chi connectivity index (χ4v) is 1.44. The average molecular weight is 232 g/mol. The van der Waals surface area contributed by atoms with Crippen LogP contribution in [0.3, 0.4) is 0 Å². The number of rotatable bonds is 5. The van der Waals surface area contributed by atoms with Crippen molar-refractivity contribution in [2.24, 2.45) is 5.73 Å². The number of benzene rings is 1. The topological polar surface area (TPSA) is 38.0 Å². The maximum absolute atomic E-state index is 13.4. The molecule has 1 rings (SSSR count). The Morgan fingerprint density at radius 1 is 1.19 bits per heavy atom. The van der Waals surface area contributed by atoms with Gasteiger partial charge in [-0.25, -0.2) is 13.2 Å². The van der Waals surface area contributed by atoms with E-state index >= 15 is 0 Å². The van der Waals surface area contributed by atoms with Gasteiger partial charge in [-0.05, 0) is 19.0 Å². The second-order valence-electron chi connectivity index (χ2n) is 3.53. The third kappa shape index (κ3) is 2.96. The van der Waals surface area contributed by atoms with Crippen molar-refractivity contribution in [3.63, 3.8) is 0 Å². The molecule has 1 unspecified atom stereocenters. The summed E-state index contributed by atoms with van der Waals surface area (Å²) in [6.07, 6.45) is 0.849. The Morgan fingerprint density at radius 2 is 1.81 bits per heavy atom. The molecule has 0 aliphatic carbocycles. The van der Waals surface area contributed by atoms with Gasteiger partial charge in [0.2, 0.25) is 0 Å². The lowest BCUT2D eigenvalue weighted by atomic mass is 10.1. The molecule has 0 heterocycles. The van der Waals surface area contributed by atoms with E-state index in [9.17, 15) is 13.2 Å². The predicted octanol–water partition coefficient (Wildman–Crippen LogP) is 2.10. The van der Waals surface area contributed by atoms with Crippen molar-refractivity contribution in [3.8, 4) is 0 Å². The van der Waals surface area contributed by atoms with Gasteiger partial charge >= 0.3 is 0 Å². The van der Waals surface area contributed by atoms with Crippen molar-refractivity contribution in [2.45, 2.75) is 19.4 Å². The number of hydrogen-bond donors (Lipinski definition) is 2. The van der Waals surface area contributed by atoms with E-state index in [0.717, 1.165) is 12.5 Å². The number of hydrogen-bond acceptors (Lipinski definition) is 2. The largest absolute Gasteiger partial charge is 0.329 e. The number of nitrogens with two attached hydrogens (primary N) is 1.